The number of nitrogens with one attached hydrogen (secondary N) is 3. The zero-order valence-electron chi connectivity index (χ0n) is 20.3. The van der Waals surface area contributed by atoms with Crippen LogP contribution in [-0.4, -0.2) is 68.5 Å². The number of nitrogens with zero attached hydrogens (tertiary/aromatic N) is 3. The molecule has 0 aliphatic heterocycles. The minimum Gasteiger partial charge on any atom is -0.419 e. The lowest BCUT2D eigenvalue weighted by Crippen LogP contribution is -2.21. The predicted octanol–water partition coefficient (Wildman–Crippen LogP) is 3.12. The van der Waals surface area contributed by atoms with Crippen LogP contribution in [0.1, 0.15) is 23.9 Å². The molecule has 0 spiro atoms. The van der Waals surface area contributed by atoms with Gasteiger partial charge in [0, 0.05) is 25.6 Å². The molecular formula is C25H32N6O3S. The molecule has 0 aliphatic rings. The Morgan fingerprint density at radius 1 is 1.06 bits per heavy atom. The summed E-state index contributed by atoms with van der Waals surface area (Å²) in [5.41, 5.74) is 3.44. The first-order chi connectivity index (χ1) is 16.6. The molecule has 3 rings (SSSR count). The Bertz CT molecular complexity index is 1310. The molecular weight excluding hydrogens is 464 g/mol. The Hall–Kier alpha value is -3.47. The SMILES string of the molecule is CNCc1ccc(C(=N)OC(=N)c2nc(-c3ccc(S(=O)(=O)CCN(C)C)cc3)cnc2C)cc1.[HH]. The standard InChI is InChI=1S/C25H30N6O3S.H2/c1-17-23(25(27)34-24(26)20-7-5-18(6-8-20)15-28-2)30-22(16-29-17)19-9-11-21(12-10-19)35(32,33)14-13-31(3)4;/h5-12,16,26-28H,13-15H2,1-4H3;1H. The van der Waals surface area contributed by atoms with E-state index < -0.39 is 9.84 Å². The summed E-state index contributed by atoms with van der Waals surface area (Å²) in [6.07, 6.45) is 1.56. The summed E-state index contributed by atoms with van der Waals surface area (Å²) >= 11 is 0. The molecule has 0 fully saturated rings. The molecule has 0 saturated carbocycles. The monoisotopic (exact) mass is 496 g/mol. The maximum Gasteiger partial charge on any atom is 0.241 e. The van der Waals surface area contributed by atoms with Crippen molar-refractivity contribution in [1.29, 1.82) is 10.8 Å². The third-order valence-corrected chi connectivity index (χ3v) is 7.00. The Morgan fingerprint density at radius 2 is 1.71 bits per heavy atom. The number of aromatic nitrogens is 2. The maximum atomic E-state index is 12.5. The first-order valence-corrected chi connectivity index (χ1v) is 12.7. The first-order valence-electron chi connectivity index (χ1n) is 11.0. The Kier molecular flexibility index (Phi) is 8.44. The van der Waals surface area contributed by atoms with Crippen LogP contribution in [0.4, 0.5) is 0 Å². The Morgan fingerprint density at radius 3 is 2.31 bits per heavy atom. The highest BCUT2D eigenvalue weighted by molar-refractivity contribution is 7.91. The molecule has 0 amide bonds. The molecule has 0 atom stereocenters. The van der Waals surface area contributed by atoms with Gasteiger partial charge in [-0.1, -0.05) is 24.3 Å². The van der Waals surface area contributed by atoms with Crippen LogP contribution in [0, 0.1) is 17.7 Å². The molecule has 0 unspecified atom stereocenters. The zero-order chi connectivity index (χ0) is 25.6. The van der Waals surface area contributed by atoms with Crippen LogP contribution in [0.15, 0.2) is 59.6 Å². The van der Waals surface area contributed by atoms with E-state index in [-0.39, 0.29) is 29.6 Å². The number of ether oxygens (including phenoxy) is 1. The highest BCUT2D eigenvalue weighted by Gasteiger charge is 2.17. The average molecular weight is 497 g/mol. The van der Waals surface area contributed by atoms with Crippen LogP contribution < -0.4 is 5.32 Å². The predicted molar refractivity (Wildman–Crippen MR) is 139 cm³/mol. The maximum absolute atomic E-state index is 12.5. The van der Waals surface area contributed by atoms with Gasteiger partial charge in [-0.15, -0.1) is 0 Å². The lowest BCUT2D eigenvalue weighted by atomic mass is 10.1. The minimum absolute atomic E-state index is 0. The van der Waals surface area contributed by atoms with Crippen LogP contribution in [-0.2, 0) is 21.1 Å². The van der Waals surface area contributed by atoms with Crippen molar-refractivity contribution < 1.29 is 14.6 Å². The van der Waals surface area contributed by atoms with E-state index in [1.54, 1.807) is 49.5 Å². The van der Waals surface area contributed by atoms with E-state index in [1.807, 2.05) is 38.2 Å². The molecule has 1 heterocycles. The summed E-state index contributed by atoms with van der Waals surface area (Å²) < 4.78 is 30.5. The van der Waals surface area contributed by atoms with E-state index in [2.05, 4.69) is 15.3 Å². The van der Waals surface area contributed by atoms with Crippen molar-refractivity contribution in [3.05, 3.63) is 77.2 Å². The van der Waals surface area contributed by atoms with Crippen LogP contribution in [0.5, 0.6) is 0 Å². The van der Waals surface area contributed by atoms with E-state index >= 15 is 0 Å². The van der Waals surface area contributed by atoms with Gasteiger partial charge in [-0.05, 0) is 57.9 Å². The van der Waals surface area contributed by atoms with E-state index in [4.69, 9.17) is 15.6 Å². The van der Waals surface area contributed by atoms with E-state index in [0.717, 1.165) is 12.1 Å². The summed E-state index contributed by atoms with van der Waals surface area (Å²) in [5.74, 6) is -0.416. The molecule has 2 aromatic carbocycles. The lowest BCUT2D eigenvalue weighted by molar-refractivity contribution is 0.432. The first kappa shape index (κ1) is 26.1. The molecule has 9 nitrogen and oxygen atoms in total. The third kappa shape index (κ3) is 6.78. The summed E-state index contributed by atoms with van der Waals surface area (Å²) in [7, 11) is 2.13. The number of benzene rings is 2. The van der Waals surface area contributed by atoms with Gasteiger partial charge in [-0.25, -0.2) is 13.4 Å². The average Bonchev–Trinajstić information content (AvgIpc) is 2.84. The molecule has 0 bridgehead atoms. The molecule has 3 aromatic rings. The largest absolute Gasteiger partial charge is 0.419 e. The third-order valence-electron chi connectivity index (χ3n) is 5.29. The van der Waals surface area contributed by atoms with E-state index in [0.29, 0.717) is 29.1 Å². The van der Waals surface area contributed by atoms with Crippen molar-refractivity contribution >= 4 is 21.6 Å². The van der Waals surface area contributed by atoms with Crippen molar-refractivity contribution in [3.63, 3.8) is 0 Å². The number of aryl methyl sites for hydroxylation is 1. The minimum atomic E-state index is -3.39. The summed E-state index contributed by atoms with van der Waals surface area (Å²) in [5, 5.41) is 19.6. The van der Waals surface area contributed by atoms with Gasteiger partial charge in [0.2, 0.25) is 11.8 Å². The van der Waals surface area contributed by atoms with Crippen molar-refractivity contribution in [1.82, 2.24) is 20.2 Å². The molecule has 186 valence electrons. The van der Waals surface area contributed by atoms with Gasteiger partial charge in [0.1, 0.15) is 5.69 Å². The van der Waals surface area contributed by atoms with Gasteiger partial charge in [-0.2, -0.15) is 0 Å². The van der Waals surface area contributed by atoms with Gasteiger partial charge in [0.25, 0.3) is 0 Å². The highest BCUT2D eigenvalue weighted by atomic mass is 32.2. The fourth-order valence-electron chi connectivity index (χ4n) is 3.24. The molecule has 0 saturated heterocycles. The van der Waals surface area contributed by atoms with Gasteiger partial charge in [0.15, 0.2) is 9.84 Å². The number of hydrogen-bond donors (Lipinski definition) is 3. The number of hydrogen-bond acceptors (Lipinski definition) is 9. The van der Waals surface area contributed by atoms with Gasteiger partial charge in [-0.3, -0.25) is 15.8 Å². The van der Waals surface area contributed by atoms with E-state index in [1.165, 1.54) is 0 Å². The molecule has 35 heavy (non-hydrogen) atoms. The Balaban J connectivity index is 0.00000456. The highest BCUT2D eigenvalue weighted by Crippen LogP contribution is 2.21. The molecule has 0 radical (unpaired) electrons. The number of sulfone groups is 1. The second kappa shape index (κ2) is 11.3. The van der Waals surface area contributed by atoms with Crippen molar-refractivity contribution in [3.8, 4) is 11.3 Å². The second-order valence-electron chi connectivity index (χ2n) is 8.32. The normalized spacial score (nSPS) is 11.5. The smallest absolute Gasteiger partial charge is 0.241 e. The van der Waals surface area contributed by atoms with Crippen LogP contribution in [0.2, 0.25) is 0 Å². The topological polar surface area (TPSA) is 132 Å². The van der Waals surface area contributed by atoms with Crippen LogP contribution >= 0.6 is 0 Å². The zero-order valence-corrected chi connectivity index (χ0v) is 21.1. The van der Waals surface area contributed by atoms with Crippen LogP contribution in [0.3, 0.4) is 0 Å². The fourth-order valence-corrected chi connectivity index (χ4v) is 4.64. The fraction of sp³-hybridized carbons (Fsp3) is 0.280. The molecule has 3 N–H and O–H groups in total. The molecule has 0 aliphatic carbocycles. The summed E-state index contributed by atoms with van der Waals surface area (Å²) in [6.45, 7) is 2.86. The molecule has 1 aromatic heterocycles. The quantitative estimate of drug-likeness (QED) is 0.306. The van der Waals surface area contributed by atoms with Gasteiger partial charge in [0.05, 0.1) is 28.2 Å². The van der Waals surface area contributed by atoms with Crippen LogP contribution in [0.25, 0.3) is 11.3 Å². The van der Waals surface area contributed by atoms with Crippen molar-refractivity contribution in [2.24, 2.45) is 0 Å². The van der Waals surface area contributed by atoms with Gasteiger partial charge >= 0.3 is 0 Å². The van der Waals surface area contributed by atoms with Crippen molar-refractivity contribution in [2.45, 2.75) is 18.4 Å². The number of rotatable bonds is 9. The lowest BCUT2D eigenvalue weighted by Gasteiger charge is -2.12. The molecule has 10 heteroatoms. The Labute approximate surface area is 207 Å². The van der Waals surface area contributed by atoms with E-state index in [9.17, 15) is 8.42 Å². The summed E-state index contributed by atoms with van der Waals surface area (Å²) in [6, 6.07) is 13.8. The summed E-state index contributed by atoms with van der Waals surface area (Å²) in [4.78, 5) is 10.9. The van der Waals surface area contributed by atoms with Crippen molar-refractivity contribution in [2.75, 3.05) is 33.4 Å². The van der Waals surface area contributed by atoms with Gasteiger partial charge < -0.3 is 15.0 Å². The second-order valence-corrected chi connectivity index (χ2v) is 10.4.